The average molecular weight is 472 g/mol. The van der Waals surface area contributed by atoms with E-state index in [1.165, 1.54) is 9.08 Å². The summed E-state index contributed by atoms with van der Waals surface area (Å²) < 4.78 is 8.21. The summed E-state index contributed by atoms with van der Waals surface area (Å²) in [7, 11) is 0. The molecule has 10 heteroatoms. The Kier molecular flexibility index (Phi) is 6.18. The van der Waals surface area contributed by atoms with E-state index >= 15 is 0 Å². The lowest BCUT2D eigenvalue weighted by Gasteiger charge is -2.29. The first-order chi connectivity index (χ1) is 15.9. The fraction of sp³-hybridized carbons (Fsp3) is 0.583. The van der Waals surface area contributed by atoms with Crippen molar-refractivity contribution in [3.05, 3.63) is 33.8 Å². The van der Waals surface area contributed by atoms with E-state index in [0.29, 0.717) is 37.4 Å². The van der Waals surface area contributed by atoms with Gasteiger partial charge in [-0.2, -0.15) is 9.61 Å². The van der Waals surface area contributed by atoms with Gasteiger partial charge in [0.2, 0.25) is 5.88 Å². The highest BCUT2D eigenvalue weighted by molar-refractivity contribution is 5.96. The normalized spacial score (nSPS) is 16.6. The second-order valence-corrected chi connectivity index (χ2v) is 10.5. The van der Waals surface area contributed by atoms with Crippen molar-refractivity contribution in [2.75, 3.05) is 13.1 Å². The number of nitrogens with zero attached hydrogens (tertiary/aromatic N) is 4. The molecule has 0 saturated heterocycles. The molecule has 184 valence electrons. The molecular weight excluding hydrogens is 438 g/mol. The number of carbonyl (C=O) groups excluding carboxylic acids is 2. The SMILES string of the molecule is CC(C)Cn1c(=O)c(C(=O)NC2CC2)c(O)n2nc(C3=CCN(C(=O)OC(C)(C)C)CC3)cc12. The number of hydrogen-bond donors (Lipinski definition) is 2. The molecule has 0 bridgehead atoms. The molecule has 2 amide bonds. The molecular formula is C24H33N5O5. The van der Waals surface area contributed by atoms with E-state index in [1.807, 2.05) is 40.7 Å². The van der Waals surface area contributed by atoms with Gasteiger partial charge in [0.05, 0.1) is 5.69 Å². The van der Waals surface area contributed by atoms with Gasteiger partial charge >= 0.3 is 6.09 Å². The van der Waals surface area contributed by atoms with Crippen LogP contribution in [0, 0.1) is 5.92 Å². The minimum Gasteiger partial charge on any atom is -0.492 e. The monoisotopic (exact) mass is 471 g/mol. The molecule has 10 nitrogen and oxygen atoms in total. The predicted octanol–water partition coefficient (Wildman–Crippen LogP) is 2.77. The molecule has 1 aliphatic carbocycles. The lowest BCUT2D eigenvalue weighted by molar-refractivity contribution is 0.0270. The minimum atomic E-state index is -0.577. The van der Waals surface area contributed by atoms with Crippen molar-refractivity contribution in [3.8, 4) is 5.88 Å². The second-order valence-electron chi connectivity index (χ2n) is 10.5. The Morgan fingerprint density at radius 3 is 2.56 bits per heavy atom. The predicted molar refractivity (Wildman–Crippen MR) is 127 cm³/mol. The molecule has 2 aromatic heterocycles. The fourth-order valence-corrected chi connectivity index (χ4v) is 3.94. The van der Waals surface area contributed by atoms with Crippen LogP contribution in [0.5, 0.6) is 5.88 Å². The molecule has 0 radical (unpaired) electrons. The first-order valence-corrected chi connectivity index (χ1v) is 11.8. The van der Waals surface area contributed by atoms with Gasteiger partial charge in [-0.3, -0.25) is 14.2 Å². The van der Waals surface area contributed by atoms with Gasteiger partial charge in [-0.1, -0.05) is 19.9 Å². The van der Waals surface area contributed by atoms with Gasteiger partial charge < -0.3 is 20.1 Å². The van der Waals surface area contributed by atoms with Crippen LogP contribution in [0.25, 0.3) is 11.2 Å². The topological polar surface area (TPSA) is 118 Å². The first kappa shape index (κ1) is 23.8. The van der Waals surface area contributed by atoms with Crippen molar-refractivity contribution in [2.45, 2.75) is 72.1 Å². The van der Waals surface area contributed by atoms with Crippen LogP contribution in [-0.2, 0) is 11.3 Å². The molecule has 0 spiro atoms. The molecule has 1 saturated carbocycles. The van der Waals surface area contributed by atoms with Crippen molar-refractivity contribution >= 4 is 23.2 Å². The summed E-state index contributed by atoms with van der Waals surface area (Å²) in [5, 5.41) is 18.2. The smallest absolute Gasteiger partial charge is 0.410 e. The van der Waals surface area contributed by atoms with Gasteiger partial charge in [0.15, 0.2) is 5.56 Å². The Hall–Kier alpha value is -3.30. The number of hydrogen-bond acceptors (Lipinski definition) is 6. The Labute approximate surface area is 198 Å². The molecule has 0 unspecified atom stereocenters. The second kappa shape index (κ2) is 8.81. The van der Waals surface area contributed by atoms with E-state index in [0.717, 1.165) is 18.4 Å². The van der Waals surface area contributed by atoms with Crippen molar-refractivity contribution in [3.63, 3.8) is 0 Å². The third-order valence-electron chi connectivity index (χ3n) is 5.73. The maximum atomic E-state index is 13.2. The summed E-state index contributed by atoms with van der Waals surface area (Å²) >= 11 is 0. The van der Waals surface area contributed by atoms with Gasteiger partial charge in [0, 0.05) is 31.7 Å². The van der Waals surface area contributed by atoms with Gasteiger partial charge in [0.25, 0.3) is 11.5 Å². The molecule has 4 rings (SSSR count). The van der Waals surface area contributed by atoms with E-state index in [4.69, 9.17) is 4.74 Å². The number of carbonyl (C=O) groups is 2. The minimum absolute atomic E-state index is 0.0500. The zero-order valence-electron chi connectivity index (χ0n) is 20.4. The Morgan fingerprint density at radius 2 is 2.00 bits per heavy atom. The van der Waals surface area contributed by atoms with E-state index < -0.39 is 22.9 Å². The van der Waals surface area contributed by atoms with Crippen molar-refractivity contribution < 1.29 is 19.4 Å². The van der Waals surface area contributed by atoms with Crippen LogP contribution in [-0.4, -0.2) is 60.9 Å². The molecule has 1 aliphatic heterocycles. The number of fused-ring (bicyclic) bond motifs is 1. The number of rotatable bonds is 5. The van der Waals surface area contributed by atoms with Crippen LogP contribution < -0.4 is 10.9 Å². The Bertz CT molecular complexity index is 1210. The number of aromatic hydroxyl groups is 1. The van der Waals surface area contributed by atoms with Crippen LogP contribution >= 0.6 is 0 Å². The highest BCUT2D eigenvalue weighted by Gasteiger charge is 2.30. The number of nitrogens with one attached hydrogen (secondary N) is 1. The molecule has 0 atom stereocenters. The van der Waals surface area contributed by atoms with Crippen molar-refractivity contribution in [1.29, 1.82) is 0 Å². The van der Waals surface area contributed by atoms with Crippen LogP contribution in [0.1, 0.15) is 69.9 Å². The van der Waals surface area contributed by atoms with Gasteiger partial charge in [-0.25, -0.2) is 4.79 Å². The zero-order valence-corrected chi connectivity index (χ0v) is 20.4. The largest absolute Gasteiger partial charge is 0.492 e. The van der Waals surface area contributed by atoms with Crippen molar-refractivity contribution in [2.24, 2.45) is 5.92 Å². The molecule has 2 aliphatic rings. The lowest BCUT2D eigenvalue weighted by atomic mass is 10.1. The Morgan fingerprint density at radius 1 is 1.29 bits per heavy atom. The third kappa shape index (κ3) is 4.95. The maximum Gasteiger partial charge on any atom is 0.410 e. The number of amides is 2. The molecule has 3 heterocycles. The average Bonchev–Trinajstić information content (AvgIpc) is 3.43. The van der Waals surface area contributed by atoms with Gasteiger partial charge in [-0.05, 0) is 51.5 Å². The van der Waals surface area contributed by atoms with E-state index in [9.17, 15) is 19.5 Å². The summed E-state index contributed by atoms with van der Waals surface area (Å²) in [6, 6.07) is 1.80. The highest BCUT2D eigenvalue weighted by Crippen LogP contribution is 2.27. The van der Waals surface area contributed by atoms with E-state index in [2.05, 4.69) is 10.4 Å². The summed E-state index contributed by atoms with van der Waals surface area (Å²) in [6.07, 6.45) is 3.82. The molecule has 2 aromatic rings. The van der Waals surface area contributed by atoms with Crippen LogP contribution in [0.2, 0.25) is 0 Å². The highest BCUT2D eigenvalue weighted by atomic mass is 16.6. The van der Waals surface area contributed by atoms with Gasteiger partial charge in [0.1, 0.15) is 11.2 Å². The summed E-state index contributed by atoms with van der Waals surface area (Å²) in [4.78, 5) is 39.9. The number of ether oxygens (including phenoxy) is 1. The summed E-state index contributed by atoms with van der Waals surface area (Å²) in [5.74, 6) is -0.900. The lowest BCUT2D eigenvalue weighted by Crippen LogP contribution is -2.39. The molecule has 34 heavy (non-hydrogen) atoms. The molecule has 0 aromatic carbocycles. The van der Waals surface area contributed by atoms with E-state index in [-0.39, 0.29) is 23.6 Å². The Balaban J connectivity index is 1.69. The first-order valence-electron chi connectivity index (χ1n) is 11.8. The standard InChI is InChI=1S/C24H33N5O5/c1-14(2)13-28-18-12-17(15-8-10-27(11-9-15)23(33)34-24(3,4)5)26-29(18)22(32)19(21(28)31)20(30)25-16-6-7-16/h8,12,14,16,32H,6-7,9-11,13H2,1-5H3,(H,25,30). The summed E-state index contributed by atoms with van der Waals surface area (Å²) in [6.45, 7) is 10.7. The quantitative estimate of drug-likeness (QED) is 0.692. The van der Waals surface area contributed by atoms with Crippen molar-refractivity contribution in [1.82, 2.24) is 24.4 Å². The van der Waals surface area contributed by atoms with E-state index in [1.54, 1.807) is 11.0 Å². The molecule has 1 fully saturated rings. The van der Waals surface area contributed by atoms with Crippen LogP contribution in [0.3, 0.4) is 0 Å². The van der Waals surface area contributed by atoms with Crippen LogP contribution in [0.15, 0.2) is 16.9 Å². The van der Waals surface area contributed by atoms with Crippen LogP contribution in [0.4, 0.5) is 4.79 Å². The zero-order chi connectivity index (χ0) is 24.8. The fourth-order valence-electron chi connectivity index (χ4n) is 3.94. The van der Waals surface area contributed by atoms with Gasteiger partial charge in [-0.15, -0.1) is 0 Å². The summed E-state index contributed by atoms with van der Waals surface area (Å²) in [5.41, 5.74) is 0.528. The number of aromatic nitrogens is 3. The maximum absolute atomic E-state index is 13.2. The molecule has 2 N–H and O–H groups in total. The third-order valence-corrected chi connectivity index (χ3v) is 5.73.